The molecule has 4 heteroatoms. The number of rotatable bonds is 8. The minimum Gasteiger partial charge on any atom is -0.491 e. The van der Waals surface area contributed by atoms with Crippen molar-refractivity contribution in [3.8, 4) is 5.75 Å². The highest BCUT2D eigenvalue weighted by atomic mass is 19.1. The Bertz CT molecular complexity index is 700. The molecule has 0 aliphatic rings. The molecule has 1 N–H and O–H groups in total. The van der Waals surface area contributed by atoms with E-state index in [4.69, 9.17) is 4.74 Å². The van der Waals surface area contributed by atoms with Crippen LogP contribution in [0.1, 0.15) is 49.1 Å². The van der Waals surface area contributed by atoms with E-state index in [1.807, 2.05) is 19.9 Å². The largest absolute Gasteiger partial charge is 0.491 e. The molecule has 0 bridgehead atoms. The molecule has 0 spiro atoms. The lowest BCUT2D eigenvalue weighted by Crippen LogP contribution is -2.10. The normalized spacial score (nSPS) is 12.3. The molecular formula is C21H29FN2O. The predicted molar refractivity (Wildman–Crippen MR) is 102 cm³/mol. The summed E-state index contributed by atoms with van der Waals surface area (Å²) in [5.74, 6) is 2.49. The van der Waals surface area contributed by atoms with Crippen LogP contribution in [0.25, 0.3) is 0 Å². The highest BCUT2D eigenvalue weighted by molar-refractivity contribution is 5.45. The lowest BCUT2D eigenvalue weighted by molar-refractivity contribution is 0.272. The molecule has 3 nitrogen and oxygen atoms in total. The number of pyridine rings is 1. The van der Waals surface area contributed by atoms with Crippen molar-refractivity contribution in [1.29, 1.82) is 0 Å². The number of alkyl halides is 1. The quantitative estimate of drug-likeness (QED) is 0.708. The van der Waals surface area contributed by atoms with Crippen LogP contribution in [0.5, 0.6) is 5.75 Å². The molecule has 0 saturated carbocycles. The Morgan fingerprint density at radius 1 is 1.08 bits per heavy atom. The first kappa shape index (κ1) is 19.2. The summed E-state index contributed by atoms with van der Waals surface area (Å²) in [6.07, 6.45) is 0. The average molecular weight is 344 g/mol. The predicted octanol–water partition coefficient (Wildman–Crippen LogP) is 5.27. The van der Waals surface area contributed by atoms with Crippen molar-refractivity contribution >= 4 is 5.82 Å². The monoisotopic (exact) mass is 344 g/mol. The smallest absolute Gasteiger partial charge is 0.126 e. The maximum Gasteiger partial charge on any atom is 0.126 e. The molecule has 136 valence electrons. The van der Waals surface area contributed by atoms with E-state index in [1.54, 1.807) is 0 Å². The summed E-state index contributed by atoms with van der Waals surface area (Å²) in [5, 5.41) is 3.41. The molecule has 0 unspecified atom stereocenters. The van der Waals surface area contributed by atoms with Gasteiger partial charge in [-0.25, -0.2) is 9.37 Å². The molecule has 1 aromatic heterocycles. The van der Waals surface area contributed by atoms with E-state index in [0.29, 0.717) is 5.92 Å². The van der Waals surface area contributed by atoms with E-state index in [1.165, 1.54) is 11.1 Å². The molecule has 2 rings (SSSR count). The Hall–Kier alpha value is -2.10. The lowest BCUT2D eigenvalue weighted by Gasteiger charge is -2.17. The van der Waals surface area contributed by atoms with E-state index < -0.39 is 6.67 Å². The Kier molecular flexibility index (Phi) is 6.80. The van der Waals surface area contributed by atoms with Gasteiger partial charge >= 0.3 is 0 Å². The number of anilines is 1. The molecule has 0 aliphatic carbocycles. The highest BCUT2D eigenvalue weighted by Gasteiger charge is 2.13. The number of halogens is 1. The van der Waals surface area contributed by atoms with Crippen molar-refractivity contribution < 1.29 is 9.13 Å². The van der Waals surface area contributed by atoms with Crippen LogP contribution in [0.3, 0.4) is 0 Å². The Labute approximate surface area is 150 Å². The highest BCUT2D eigenvalue weighted by Crippen LogP contribution is 2.29. The number of benzene rings is 1. The van der Waals surface area contributed by atoms with Gasteiger partial charge in [-0.3, -0.25) is 0 Å². The maximum atomic E-state index is 12.3. The number of hydrogen-bond acceptors (Lipinski definition) is 3. The van der Waals surface area contributed by atoms with Crippen LogP contribution in [0.4, 0.5) is 10.2 Å². The fourth-order valence-corrected chi connectivity index (χ4v) is 2.79. The Morgan fingerprint density at radius 3 is 2.48 bits per heavy atom. The third-order valence-electron chi connectivity index (χ3n) is 4.20. The zero-order chi connectivity index (χ0) is 18.4. The first-order valence-electron chi connectivity index (χ1n) is 8.92. The molecule has 0 radical (unpaired) electrons. The van der Waals surface area contributed by atoms with Crippen molar-refractivity contribution in [3.63, 3.8) is 0 Å². The van der Waals surface area contributed by atoms with Gasteiger partial charge in [-0.15, -0.1) is 0 Å². The van der Waals surface area contributed by atoms with Crippen molar-refractivity contribution in [3.05, 3.63) is 52.7 Å². The third-order valence-corrected chi connectivity index (χ3v) is 4.20. The zero-order valence-corrected chi connectivity index (χ0v) is 15.9. The third kappa shape index (κ3) is 5.45. The molecule has 0 saturated heterocycles. The fourth-order valence-electron chi connectivity index (χ4n) is 2.79. The van der Waals surface area contributed by atoms with Gasteiger partial charge in [-0.2, -0.15) is 0 Å². The first-order chi connectivity index (χ1) is 11.9. The standard InChI is InChI=1S/C21H29FN2O/c1-14(2)13-23-21-12-19(11-16(4)24-21)17(5)18-6-7-20(15(3)10-18)25-9-8-22/h6-7,10-12,14,17H,8-9,13H2,1-5H3,(H,23,24)/t17-/m1/s1. The molecule has 0 amide bonds. The van der Waals surface area contributed by atoms with E-state index in [9.17, 15) is 4.39 Å². The first-order valence-corrected chi connectivity index (χ1v) is 8.92. The second-order valence-electron chi connectivity index (χ2n) is 6.99. The number of hydrogen-bond donors (Lipinski definition) is 1. The molecule has 25 heavy (non-hydrogen) atoms. The van der Waals surface area contributed by atoms with Gasteiger partial charge in [0, 0.05) is 18.2 Å². The Morgan fingerprint density at radius 2 is 1.84 bits per heavy atom. The molecule has 0 aliphatic heterocycles. The average Bonchev–Trinajstić information content (AvgIpc) is 2.57. The molecular weight excluding hydrogens is 315 g/mol. The molecule has 1 aromatic carbocycles. The minimum absolute atomic E-state index is 0.101. The second kappa shape index (κ2) is 8.84. The summed E-state index contributed by atoms with van der Waals surface area (Å²) in [7, 11) is 0. The summed E-state index contributed by atoms with van der Waals surface area (Å²) in [6, 6.07) is 10.4. The van der Waals surface area contributed by atoms with Gasteiger partial charge in [0.05, 0.1) is 0 Å². The number of aryl methyl sites for hydroxylation is 2. The topological polar surface area (TPSA) is 34.1 Å². The lowest BCUT2D eigenvalue weighted by atomic mass is 9.92. The van der Waals surface area contributed by atoms with Crippen molar-refractivity contribution in [2.45, 2.75) is 40.5 Å². The van der Waals surface area contributed by atoms with Crippen LogP contribution in [-0.2, 0) is 0 Å². The van der Waals surface area contributed by atoms with Gasteiger partial charge < -0.3 is 10.1 Å². The molecule has 2 aromatic rings. The van der Waals surface area contributed by atoms with Crippen molar-refractivity contribution in [1.82, 2.24) is 4.98 Å². The zero-order valence-electron chi connectivity index (χ0n) is 15.9. The van der Waals surface area contributed by atoms with Crippen LogP contribution in [0.15, 0.2) is 30.3 Å². The van der Waals surface area contributed by atoms with Crippen molar-refractivity contribution in [2.75, 3.05) is 25.1 Å². The summed E-state index contributed by atoms with van der Waals surface area (Å²) in [5.41, 5.74) is 4.48. The van der Waals surface area contributed by atoms with E-state index in [-0.39, 0.29) is 12.5 Å². The van der Waals surface area contributed by atoms with Crippen molar-refractivity contribution in [2.24, 2.45) is 5.92 Å². The summed E-state index contributed by atoms with van der Waals surface area (Å²) >= 11 is 0. The van der Waals surface area contributed by atoms with E-state index in [0.717, 1.165) is 29.4 Å². The second-order valence-corrected chi connectivity index (χ2v) is 6.99. The fraction of sp³-hybridized carbons (Fsp3) is 0.476. The van der Waals surface area contributed by atoms with Gasteiger partial charge in [0.15, 0.2) is 0 Å². The number of ether oxygens (including phenoxy) is 1. The number of aromatic nitrogens is 1. The number of nitrogens with zero attached hydrogens (tertiary/aromatic N) is 1. The SMILES string of the molecule is Cc1cc([C@H](C)c2ccc(OCCF)c(C)c2)cc(NCC(C)C)n1. The number of nitrogens with one attached hydrogen (secondary N) is 1. The van der Waals surface area contributed by atoms with E-state index >= 15 is 0 Å². The van der Waals surface area contributed by atoms with Gasteiger partial charge in [0.1, 0.15) is 24.8 Å². The van der Waals surface area contributed by atoms with E-state index in [2.05, 4.69) is 55.3 Å². The van der Waals surface area contributed by atoms with Crippen LogP contribution >= 0.6 is 0 Å². The summed E-state index contributed by atoms with van der Waals surface area (Å²) < 4.78 is 17.7. The van der Waals surface area contributed by atoms with Crippen LogP contribution in [0.2, 0.25) is 0 Å². The van der Waals surface area contributed by atoms with Crippen LogP contribution < -0.4 is 10.1 Å². The summed E-state index contributed by atoms with van der Waals surface area (Å²) in [6.45, 7) is 11.1. The Balaban J connectivity index is 2.21. The molecule has 1 atom stereocenters. The van der Waals surface area contributed by atoms with Gasteiger partial charge in [-0.1, -0.05) is 32.9 Å². The van der Waals surface area contributed by atoms with Crippen LogP contribution in [0, 0.1) is 19.8 Å². The van der Waals surface area contributed by atoms with Gasteiger partial charge in [0.2, 0.25) is 0 Å². The molecule has 0 fully saturated rings. The van der Waals surface area contributed by atoms with Gasteiger partial charge in [-0.05, 0) is 54.7 Å². The maximum absolute atomic E-state index is 12.3. The van der Waals surface area contributed by atoms with Crippen LogP contribution in [-0.4, -0.2) is 24.8 Å². The minimum atomic E-state index is -0.472. The summed E-state index contributed by atoms with van der Waals surface area (Å²) in [4.78, 5) is 4.58. The van der Waals surface area contributed by atoms with Gasteiger partial charge in [0.25, 0.3) is 0 Å². The molecule has 1 heterocycles.